The molecular formula is C12H14FN3O2S2. The minimum atomic E-state index is -3.92. The van der Waals surface area contributed by atoms with E-state index in [4.69, 9.17) is 5.73 Å². The summed E-state index contributed by atoms with van der Waals surface area (Å²) in [4.78, 5) is 4.44. The number of sulfonamides is 1. The number of hydrogen-bond acceptors (Lipinski definition) is 5. The fourth-order valence-electron chi connectivity index (χ4n) is 1.61. The maximum Gasteiger partial charge on any atom is 0.243 e. The van der Waals surface area contributed by atoms with Crippen LogP contribution in [0.25, 0.3) is 0 Å². The van der Waals surface area contributed by atoms with Gasteiger partial charge in [0.15, 0.2) is 0 Å². The van der Waals surface area contributed by atoms with Crippen LogP contribution in [0.3, 0.4) is 0 Å². The first kappa shape index (κ1) is 15.0. The van der Waals surface area contributed by atoms with Gasteiger partial charge >= 0.3 is 0 Å². The SMILES string of the molecule is Cc1ncsc1CNS(=O)(=O)c1cc(CN)ccc1F. The van der Waals surface area contributed by atoms with Gasteiger partial charge in [0, 0.05) is 18.0 Å². The number of aromatic nitrogens is 1. The number of halogens is 1. The van der Waals surface area contributed by atoms with Crippen LogP contribution in [-0.4, -0.2) is 13.4 Å². The van der Waals surface area contributed by atoms with Crippen molar-refractivity contribution in [1.29, 1.82) is 0 Å². The summed E-state index contributed by atoms with van der Waals surface area (Å²) in [5.41, 5.74) is 8.39. The molecule has 1 heterocycles. The average Bonchev–Trinajstić information content (AvgIpc) is 2.82. The summed E-state index contributed by atoms with van der Waals surface area (Å²) in [5, 5.41) is 0. The number of thiazole rings is 1. The van der Waals surface area contributed by atoms with E-state index in [1.807, 2.05) is 0 Å². The van der Waals surface area contributed by atoms with Gasteiger partial charge in [-0.25, -0.2) is 22.5 Å². The first-order chi connectivity index (χ1) is 9.44. The van der Waals surface area contributed by atoms with E-state index < -0.39 is 15.8 Å². The average molecular weight is 315 g/mol. The number of benzene rings is 1. The lowest BCUT2D eigenvalue weighted by molar-refractivity contribution is 0.556. The van der Waals surface area contributed by atoms with E-state index in [-0.39, 0.29) is 18.0 Å². The van der Waals surface area contributed by atoms with Gasteiger partial charge in [-0.05, 0) is 24.6 Å². The monoisotopic (exact) mass is 315 g/mol. The molecule has 0 radical (unpaired) electrons. The zero-order valence-corrected chi connectivity index (χ0v) is 12.4. The second-order valence-corrected chi connectivity index (χ2v) is 6.83. The molecule has 2 aromatic rings. The smallest absolute Gasteiger partial charge is 0.243 e. The van der Waals surface area contributed by atoms with Crippen LogP contribution < -0.4 is 10.5 Å². The van der Waals surface area contributed by atoms with Crippen molar-refractivity contribution in [3.63, 3.8) is 0 Å². The topological polar surface area (TPSA) is 85.1 Å². The van der Waals surface area contributed by atoms with Crippen LogP contribution in [0.15, 0.2) is 28.6 Å². The van der Waals surface area contributed by atoms with E-state index in [0.717, 1.165) is 16.6 Å². The number of nitrogens with one attached hydrogen (secondary N) is 1. The Morgan fingerprint density at radius 2 is 2.20 bits per heavy atom. The van der Waals surface area contributed by atoms with Crippen molar-refractivity contribution < 1.29 is 12.8 Å². The molecule has 0 aliphatic carbocycles. The van der Waals surface area contributed by atoms with Crippen LogP contribution in [0.2, 0.25) is 0 Å². The van der Waals surface area contributed by atoms with Gasteiger partial charge in [-0.1, -0.05) is 6.07 Å². The van der Waals surface area contributed by atoms with E-state index in [1.54, 1.807) is 12.4 Å². The second kappa shape index (κ2) is 5.96. The Balaban J connectivity index is 2.24. The normalized spacial score (nSPS) is 11.8. The van der Waals surface area contributed by atoms with Gasteiger partial charge in [-0.2, -0.15) is 0 Å². The van der Waals surface area contributed by atoms with Gasteiger partial charge in [0.1, 0.15) is 10.7 Å². The molecular weight excluding hydrogens is 301 g/mol. The molecule has 20 heavy (non-hydrogen) atoms. The Morgan fingerprint density at radius 1 is 1.45 bits per heavy atom. The Bertz CT molecular complexity index is 713. The lowest BCUT2D eigenvalue weighted by atomic mass is 10.2. The van der Waals surface area contributed by atoms with Crippen LogP contribution >= 0.6 is 11.3 Å². The van der Waals surface area contributed by atoms with Gasteiger partial charge < -0.3 is 5.73 Å². The van der Waals surface area contributed by atoms with E-state index in [2.05, 4.69) is 9.71 Å². The van der Waals surface area contributed by atoms with Crippen molar-refractivity contribution in [2.24, 2.45) is 5.73 Å². The Hall–Kier alpha value is -1.35. The summed E-state index contributed by atoms with van der Waals surface area (Å²) in [6, 6.07) is 3.81. The number of aryl methyl sites for hydroxylation is 1. The third-order valence-corrected chi connectivity index (χ3v) is 5.14. The highest BCUT2D eigenvalue weighted by Crippen LogP contribution is 2.18. The van der Waals surface area contributed by atoms with Crippen LogP contribution in [0.1, 0.15) is 16.1 Å². The Labute approximate surface area is 120 Å². The highest BCUT2D eigenvalue weighted by atomic mass is 32.2. The molecule has 1 aromatic heterocycles. The molecule has 3 N–H and O–H groups in total. The molecule has 0 aliphatic rings. The lowest BCUT2D eigenvalue weighted by Crippen LogP contribution is -2.24. The van der Waals surface area contributed by atoms with Crippen molar-refractivity contribution >= 4 is 21.4 Å². The predicted molar refractivity (Wildman–Crippen MR) is 75.2 cm³/mol. The van der Waals surface area contributed by atoms with Gasteiger partial charge in [-0.3, -0.25) is 0 Å². The molecule has 5 nitrogen and oxygen atoms in total. The first-order valence-corrected chi connectivity index (χ1v) is 8.17. The highest BCUT2D eigenvalue weighted by Gasteiger charge is 2.19. The zero-order chi connectivity index (χ0) is 14.8. The third-order valence-electron chi connectivity index (χ3n) is 2.79. The van der Waals surface area contributed by atoms with Crippen LogP contribution in [0, 0.1) is 12.7 Å². The summed E-state index contributed by atoms with van der Waals surface area (Å²) < 4.78 is 40.3. The molecule has 0 amide bonds. The molecule has 0 bridgehead atoms. The fourth-order valence-corrected chi connectivity index (χ4v) is 3.54. The molecule has 0 saturated heterocycles. The van der Waals surface area contributed by atoms with Crippen molar-refractivity contribution in [3.05, 3.63) is 45.7 Å². The van der Waals surface area contributed by atoms with E-state index >= 15 is 0 Å². The summed E-state index contributed by atoms with van der Waals surface area (Å²) in [7, 11) is -3.92. The molecule has 0 spiro atoms. The standard InChI is InChI=1S/C12H14FN3O2S2/c1-8-11(19-7-15-8)6-16-20(17,18)12-4-9(5-14)2-3-10(12)13/h2-4,7,16H,5-6,14H2,1H3. The lowest BCUT2D eigenvalue weighted by Gasteiger charge is -2.08. The van der Waals surface area contributed by atoms with Gasteiger partial charge in [-0.15, -0.1) is 11.3 Å². The molecule has 1 aromatic carbocycles. The maximum atomic E-state index is 13.7. The number of nitrogens with zero attached hydrogens (tertiary/aromatic N) is 1. The minimum absolute atomic E-state index is 0.0884. The Morgan fingerprint density at radius 3 is 2.80 bits per heavy atom. The zero-order valence-electron chi connectivity index (χ0n) is 10.8. The molecule has 0 aliphatic heterocycles. The Kier molecular flexibility index (Phi) is 4.48. The third kappa shape index (κ3) is 3.21. The fraction of sp³-hybridized carbons (Fsp3) is 0.250. The van der Waals surface area contributed by atoms with Gasteiger partial charge in [0.2, 0.25) is 10.0 Å². The largest absolute Gasteiger partial charge is 0.326 e. The summed E-state index contributed by atoms with van der Waals surface area (Å²) in [6.07, 6.45) is 0. The van der Waals surface area contributed by atoms with Crippen molar-refractivity contribution in [2.75, 3.05) is 0 Å². The maximum absolute atomic E-state index is 13.7. The quantitative estimate of drug-likeness (QED) is 0.876. The summed E-state index contributed by atoms with van der Waals surface area (Å²) in [5.74, 6) is -0.796. The van der Waals surface area contributed by atoms with Gasteiger partial charge in [0.05, 0.1) is 11.2 Å². The molecule has 108 valence electrons. The molecule has 0 saturated carbocycles. The number of rotatable bonds is 5. The summed E-state index contributed by atoms with van der Waals surface area (Å²) in [6.45, 7) is 2.03. The molecule has 0 fully saturated rings. The van der Waals surface area contributed by atoms with Crippen LogP contribution in [-0.2, 0) is 23.1 Å². The van der Waals surface area contributed by atoms with Gasteiger partial charge in [0.25, 0.3) is 0 Å². The molecule has 0 atom stereocenters. The number of nitrogens with two attached hydrogens (primary N) is 1. The van der Waals surface area contributed by atoms with Crippen LogP contribution in [0.4, 0.5) is 4.39 Å². The van der Waals surface area contributed by atoms with E-state index in [0.29, 0.717) is 5.56 Å². The highest BCUT2D eigenvalue weighted by molar-refractivity contribution is 7.89. The molecule has 2 rings (SSSR count). The second-order valence-electron chi connectivity index (χ2n) is 4.15. The minimum Gasteiger partial charge on any atom is -0.326 e. The van der Waals surface area contributed by atoms with Crippen molar-refractivity contribution in [3.8, 4) is 0 Å². The molecule has 0 unspecified atom stereocenters. The van der Waals surface area contributed by atoms with Crippen molar-refractivity contribution in [1.82, 2.24) is 9.71 Å². The first-order valence-electron chi connectivity index (χ1n) is 5.81. The van der Waals surface area contributed by atoms with E-state index in [9.17, 15) is 12.8 Å². The van der Waals surface area contributed by atoms with Crippen molar-refractivity contribution in [2.45, 2.75) is 24.9 Å². The molecule has 8 heteroatoms. The summed E-state index contributed by atoms with van der Waals surface area (Å²) >= 11 is 1.35. The number of hydrogen-bond donors (Lipinski definition) is 2. The van der Waals surface area contributed by atoms with E-state index in [1.165, 1.54) is 23.5 Å². The van der Waals surface area contributed by atoms with Crippen LogP contribution in [0.5, 0.6) is 0 Å². The predicted octanol–water partition coefficient (Wildman–Crippen LogP) is 1.53.